The summed E-state index contributed by atoms with van der Waals surface area (Å²) < 4.78 is 0. The Morgan fingerprint density at radius 3 is 2.22 bits per heavy atom. The van der Waals surface area contributed by atoms with Crippen LogP contribution in [0.5, 0.6) is 0 Å². The molecule has 2 spiro atoms. The standard InChI is InChI=1S/C30H50O2/c1-20(9-8-14-25(2,3)32)21-12-15-28(7)23-11-10-22-26(4,5)24(31)13-16-29(22)19-30(23,29)18-17-27(21,28)6/h8,14,20-24,31-32H,9-13,15-19H2,1-7H3/b14-8+/t20-,21-,22+,23+,24+,27-,28+,29-,30+/m0/s1. The van der Waals surface area contributed by atoms with Crippen LogP contribution in [0.15, 0.2) is 12.2 Å². The van der Waals surface area contributed by atoms with Gasteiger partial charge in [-0.3, -0.25) is 0 Å². The Balaban J connectivity index is 1.40. The van der Waals surface area contributed by atoms with Gasteiger partial charge in [0.25, 0.3) is 0 Å². The van der Waals surface area contributed by atoms with Crippen molar-refractivity contribution in [2.24, 2.45) is 50.7 Å². The van der Waals surface area contributed by atoms with Gasteiger partial charge in [-0.15, -0.1) is 0 Å². The summed E-state index contributed by atoms with van der Waals surface area (Å²) in [7, 11) is 0. The Morgan fingerprint density at radius 1 is 0.875 bits per heavy atom. The van der Waals surface area contributed by atoms with Crippen molar-refractivity contribution in [3.63, 3.8) is 0 Å². The van der Waals surface area contributed by atoms with Gasteiger partial charge in [0.1, 0.15) is 0 Å². The molecule has 2 N–H and O–H groups in total. The molecule has 182 valence electrons. The summed E-state index contributed by atoms with van der Waals surface area (Å²) in [6.07, 6.45) is 17.4. The molecule has 5 aliphatic carbocycles. The Hall–Kier alpha value is -0.340. The molecule has 5 aliphatic rings. The fourth-order valence-corrected chi connectivity index (χ4v) is 11.0. The van der Waals surface area contributed by atoms with Crippen molar-refractivity contribution in [1.29, 1.82) is 0 Å². The molecule has 9 atom stereocenters. The van der Waals surface area contributed by atoms with E-state index in [1.807, 2.05) is 19.9 Å². The van der Waals surface area contributed by atoms with E-state index in [1.165, 1.54) is 51.4 Å². The van der Waals surface area contributed by atoms with E-state index in [0.29, 0.717) is 27.6 Å². The first-order chi connectivity index (χ1) is 14.7. The first-order valence-electron chi connectivity index (χ1n) is 13.8. The molecule has 0 aromatic rings. The van der Waals surface area contributed by atoms with Gasteiger partial charge in [0.2, 0.25) is 0 Å². The minimum atomic E-state index is -0.703. The predicted molar refractivity (Wildman–Crippen MR) is 132 cm³/mol. The number of aliphatic hydroxyl groups excluding tert-OH is 1. The largest absolute Gasteiger partial charge is 0.393 e. The van der Waals surface area contributed by atoms with E-state index >= 15 is 0 Å². The molecule has 0 saturated heterocycles. The lowest BCUT2D eigenvalue weighted by Crippen LogP contribution is -2.57. The highest BCUT2D eigenvalue weighted by Gasteiger charge is 2.82. The lowest BCUT2D eigenvalue weighted by Gasteiger charge is -2.63. The SMILES string of the molecule is C[C@@H](C/C=C/C(C)(C)O)[C@@H]1CC[C@]2(C)[C@H]3CC[C@@H]4C(C)(C)[C@H](O)CC[C@]45C[C@]35CC[C@@]12C. The third-order valence-electron chi connectivity index (χ3n) is 12.9. The van der Waals surface area contributed by atoms with Gasteiger partial charge in [-0.1, -0.05) is 46.8 Å². The Kier molecular flexibility index (Phi) is 5.02. The quantitative estimate of drug-likeness (QED) is 0.454. The lowest BCUT2D eigenvalue weighted by molar-refractivity contribution is -0.161. The monoisotopic (exact) mass is 442 g/mol. The average molecular weight is 443 g/mol. The molecule has 0 aliphatic heterocycles. The minimum absolute atomic E-state index is 0.0912. The minimum Gasteiger partial charge on any atom is -0.393 e. The van der Waals surface area contributed by atoms with Crippen molar-refractivity contribution in [2.45, 2.75) is 124 Å². The van der Waals surface area contributed by atoms with Crippen LogP contribution in [0.3, 0.4) is 0 Å². The highest BCUT2D eigenvalue weighted by atomic mass is 16.3. The van der Waals surface area contributed by atoms with E-state index in [1.54, 1.807) is 0 Å². The number of hydrogen-bond acceptors (Lipinski definition) is 2. The zero-order valence-electron chi connectivity index (χ0n) is 22.0. The molecule has 0 radical (unpaired) electrons. The highest BCUT2D eigenvalue weighted by Crippen LogP contribution is 2.89. The first kappa shape index (κ1) is 23.4. The molecule has 32 heavy (non-hydrogen) atoms. The van der Waals surface area contributed by atoms with Gasteiger partial charge >= 0.3 is 0 Å². The van der Waals surface area contributed by atoms with Gasteiger partial charge in [-0.05, 0) is 129 Å². The second-order valence-corrected chi connectivity index (χ2v) is 14.8. The smallest absolute Gasteiger partial charge is 0.0771 e. The summed E-state index contributed by atoms with van der Waals surface area (Å²) in [4.78, 5) is 0. The molecule has 0 bridgehead atoms. The number of hydrogen-bond donors (Lipinski definition) is 2. The summed E-state index contributed by atoms with van der Waals surface area (Å²) in [5, 5.41) is 20.9. The van der Waals surface area contributed by atoms with Gasteiger partial charge in [-0.2, -0.15) is 0 Å². The molecule has 0 aromatic carbocycles. The van der Waals surface area contributed by atoms with E-state index < -0.39 is 5.60 Å². The van der Waals surface area contributed by atoms with Crippen LogP contribution in [0.2, 0.25) is 0 Å². The van der Waals surface area contributed by atoms with Crippen LogP contribution in [-0.2, 0) is 0 Å². The molecule has 0 aromatic heterocycles. The molecule has 5 saturated carbocycles. The summed E-state index contributed by atoms with van der Waals surface area (Å²) in [5.41, 5.74) is 1.44. The second-order valence-electron chi connectivity index (χ2n) is 14.8. The van der Waals surface area contributed by atoms with Crippen molar-refractivity contribution in [3.05, 3.63) is 12.2 Å². The Morgan fingerprint density at radius 2 is 1.53 bits per heavy atom. The molecule has 0 heterocycles. The van der Waals surface area contributed by atoms with Crippen molar-refractivity contribution < 1.29 is 10.2 Å². The third kappa shape index (κ3) is 2.84. The maximum Gasteiger partial charge on any atom is 0.0771 e. The van der Waals surface area contributed by atoms with Crippen LogP contribution in [0.1, 0.15) is 113 Å². The molecule has 2 heteroatoms. The maximum atomic E-state index is 10.8. The van der Waals surface area contributed by atoms with E-state index in [2.05, 4.69) is 40.7 Å². The number of allylic oxidation sites excluding steroid dienone is 1. The fourth-order valence-electron chi connectivity index (χ4n) is 11.0. The number of rotatable bonds is 4. The molecular formula is C30H50O2. The fraction of sp³-hybridized carbons (Fsp3) is 0.933. The number of fused-ring (bicyclic) bond motifs is 2. The van der Waals surface area contributed by atoms with Gasteiger partial charge in [-0.25, -0.2) is 0 Å². The van der Waals surface area contributed by atoms with Gasteiger partial charge < -0.3 is 10.2 Å². The van der Waals surface area contributed by atoms with Gasteiger partial charge in [0, 0.05) is 0 Å². The van der Waals surface area contributed by atoms with E-state index in [4.69, 9.17) is 0 Å². The van der Waals surface area contributed by atoms with Crippen LogP contribution in [0.25, 0.3) is 0 Å². The zero-order valence-corrected chi connectivity index (χ0v) is 22.0. The third-order valence-corrected chi connectivity index (χ3v) is 12.9. The Bertz CT molecular complexity index is 791. The second kappa shape index (κ2) is 6.87. The zero-order chi connectivity index (χ0) is 23.4. The van der Waals surface area contributed by atoms with E-state index in [0.717, 1.165) is 30.6 Å². The van der Waals surface area contributed by atoms with E-state index in [-0.39, 0.29) is 11.5 Å². The predicted octanol–water partition coefficient (Wildman–Crippen LogP) is 7.14. The van der Waals surface area contributed by atoms with Crippen molar-refractivity contribution in [1.82, 2.24) is 0 Å². The van der Waals surface area contributed by atoms with Crippen LogP contribution in [-0.4, -0.2) is 21.9 Å². The lowest BCUT2D eigenvalue weighted by atomic mass is 9.42. The van der Waals surface area contributed by atoms with Crippen molar-refractivity contribution in [3.8, 4) is 0 Å². The number of aliphatic hydroxyl groups is 2. The van der Waals surface area contributed by atoms with Gasteiger partial charge in [0.15, 0.2) is 0 Å². The molecular weight excluding hydrogens is 392 g/mol. The Labute approximate surface area is 197 Å². The summed E-state index contributed by atoms with van der Waals surface area (Å²) in [6.45, 7) is 16.3. The first-order valence-corrected chi connectivity index (χ1v) is 13.8. The van der Waals surface area contributed by atoms with Crippen LogP contribution < -0.4 is 0 Å². The molecule has 0 unspecified atom stereocenters. The van der Waals surface area contributed by atoms with Gasteiger partial charge in [0.05, 0.1) is 11.7 Å². The van der Waals surface area contributed by atoms with Crippen molar-refractivity contribution >= 4 is 0 Å². The van der Waals surface area contributed by atoms with E-state index in [9.17, 15) is 10.2 Å². The molecule has 0 amide bonds. The summed E-state index contributed by atoms with van der Waals surface area (Å²) >= 11 is 0. The summed E-state index contributed by atoms with van der Waals surface area (Å²) in [6, 6.07) is 0. The van der Waals surface area contributed by atoms with Crippen molar-refractivity contribution in [2.75, 3.05) is 0 Å². The van der Waals surface area contributed by atoms with Crippen LogP contribution in [0.4, 0.5) is 0 Å². The normalized spacial score (nSPS) is 52.7. The van der Waals surface area contributed by atoms with Crippen LogP contribution in [0, 0.1) is 50.7 Å². The maximum absolute atomic E-state index is 10.8. The highest BCUT2D eigenvalue weighted by molar-refractivity contribution is 5.30. The molecule has 2 nitrogen and oxygen atoms in total. The molecule has 5 rings (SSSR count). The topological polar surface area (TPSA) is 40.5 Å². The molecule has 5 fully saturated rings. The average Bonchev–Trinajstić information content (AvgIpc) is 3.27. The summed E-state index contributed by atoms with van der Waals surface area (Å²) in [5.74, 6) is 3.10. The van der Waals surface area contributed by atoms with Crippen LogP contribution >= 0.6 is 0 Å².